The molecule has 1 saturated heterocycles. The molecular weight excluding hydrogens is 384 g/mol. The number of esters is 1. The van der Waals surface area contributed by atoms with E-state index in [2.05, 4.69) is 0 Å². The van der Waals surface area contributed by atoms with Gasteiger partial charge in [-0.1, -0.05) is 0 Å². The molecule has 29 heavy (non-hydrogen) atoms. The lowest BCUT2D eigenvalue weighted by atomic mass is 10.1. The number of nitrogens with zero attached hydrogens (tertiary/aromatic N) is 4. The molecule has 0 spiro atoms. The Kier molecular flexibility index (Phi) is 5.78. The van der Waals surface area contributed by atoms with Gasteiger partial charge in [0, 0.05) is 45.4 Å². The minimum absolute atomic E-state index is 0.0370. The van der Waals surface area contributed by atoms with E-state index in [9.17, 15) is 24.5 Å². The second kappa shape index (κ2) is 8.27. The Hall–Kier alpha value is -3.47. The average molecular weight is 404 g/mol. The van der Waals surface area contributed by atoms with Gasteiger partial charge in [-0.05, 0) is 6.07 Å². The van der Waals surface area contributed by atoms with Crippen molar-refractivity contribution in [1.82, 2.24) is 9.13 Å². The topological polar surface area (TPSA) is 126 Å². The summed E-state index contributed by atoms with van der Waals surface area (Å²) in [5, 5.41) is 11.1. The van der Waals surface area contributed by atoms with Crippen molar-refractivity contribution in [3.8, 4) is 0 Å². The zero-order valence-electron chi connectivity index (χ0n) is 16.0. The van der Waals surface area contributed by atoms with E-state index in [1.165, 1.54) is 36.9 Å². The average Bonchev–Trinajstić information content (AvgIpc) is 2.73. The number of ether oxygens (including phenoxy) is 2. The third kappa shape index (κ3) is 4.19. The Morgan fingerprint density at radius 2 is 1.86 bits per heavy atom. The standard InChI is InChI=1S/C18H20N4O7/c1-19-13(10-16(23)20(2)18(19)25)11-29-17(24)14-9-12(22(26)27)3-4-15(14)21-5-7-28-8-6-21/h3-4,9-10H,5-8,11H2,1-2H3. The van der Waals surface area contributed by atoms with Crippen LogP contribution in [0.2, 0.25) is 0 Å². The molecule has 1 aliphatic rings. The van der Waals surface area contributed by atoms with Gasteiger partial charge in [-0.25, -0.2) is 9.59 Å². The lowest BCUT2D eigenvalue weighted by Gasteiger charge is -2.30. The minimum atomic E-state index is -0.789. The summed E-state index contributed by atoms with van der Waals surface area (Å²) in [6, 6.07) is 5.20. The molecule has 0 unspecified atom stereocenters. The Morgan fingerprint density at radius 3 is 2.52 bits per heavy atom. The number of non-ortho nitro benzene ring substituents is 1. The van der Waals surface area contributed by atoms with Gasteiger partial charge in [0.1, 0.15) is 6.61 Å². The van der Waals surface area contributed by atoms with Crippen molar-refractivity contribution in [2.75, 3.05) is 31.2 Å². The number of morpholine rings is 1. The molecule has 11 nitrogen and oxygen atoms in total. The molecule has 1 aliphatic heterocycles. The van der Waals surface area contributed by atoms with Gasteiger partial charge in [0.25, 0.3) is 11.2 Å². The SMILES string of the molecule is Cn1c(COC(=O)c2cc([N+](=O)[O-])ccc2N2CCOCC2)cc(=O)n(C)c1=O. The highest BCUT2D eigenvalue weighted by atomic mass is 16.6. The molecule has 0 amide bonds. The molecule has 0 atom stereocenters. The van der Waals surface area contributed by atoms with Crippen LogP contribution in [0.25, 0.3) is 0 Å². The highest BCUT2D eigenvalue weighted by molar-refractivity contribution is 5.96. The van der Waals surface area contributed by atoms with Gasteiger partial charge in [-0.2, -0.15) is 0 Å². The molecule has 1 aromatic carbocycles. The summed E-state index contributed by atoms with van der Waals surface area (Å²) in [6.45, 7) is 1.68. The van der Waals surface area contributed by atoms with E-state index in [0.29, 0.717) is 32.0 Å². The zero-order valence-corrected chi connectivity index (χ0v) is 16.0. The number of rotatable bonds is 5. The molecule has 0 N–H and O–H groups in total. The molecule has 1 fully saturated rings. The Labute approximate surface area is 164 Å². The smallest absolute Gasteiger partial charge is 0.340 e. The highest BCUT2D eigenvalue weighted by Gasteiger charge is 2.23. The first-order valence-corrected chi connectivity index (χ1v) is 8.84. The van der Waals surface area contributed by atoms with Crippen LogP contribution in [0, 0.1) is 10.1 Å². The van der Waals surface area contributed by atoms with Gasteiger partial charge in [-0.3, -0.25) is 24.0 Å². The third-order valence-corrected chi connectivity index (χ3v) is 4.74. The fraction of sp³-hybridized carbons (Fsp3) is 0.389. The minimum Gasteiger partial charge on any atom is -0.456 e. The van der Waals surface area contributed by atoms with Crippen LogP contribution in [0.3, 0.4) is 0 Å². The highest BCUT2D eigenvalue weighted by Crippen LogP contribution is 2.27. The van der Waals surface area contributed by atoms with Gasteiger partial charge in [0.05, 0.1) is 35.1 Å². The predicted molar refractivity (Wildman–Crippen MR) is 102 cm³/mol. The Balaban J connectivity index is 1.90. The number of benzene rings is 1. The lowest BCUT2D eigenvalue weighted by molar-refractivity contribution is -0.384. The summed E-state index contributed by atoms with van der Waals surface area (Å²) in [5.41, 5.74) is -0.562. The lowest BCUT2D eigenvalue weighted by Crippen LogP contribution is -2.38. The van der Waals surface area contributed by atoms with Crippen molar-refractivity contribution >= 4 is 17.3 Å². The molecular formula is C18H20N4O7. The van der Waals surface area contributed by atoms with Crippen molar-refractivity contribution in [2.24, 2.45) is 14.1 Å². The number of nitro benzene ring substituents is 1. The summed E-state index contributed by atoms with van der Waals surface area (Å²) in [7, 11) is 2.80. The predicted octanol–water partition coefficient (Wildman–Crippen LogP) is 0.186. The van der Waals surface area contributed by atoms with E-state index < -0.39 is 22.1 Å². The first-order valence-electron chi connectivity index (χ1n) is 8.84. The van der Waals surface area contributed by atoms with E-state index in [4.69, 9.17) is 9.47 Å². The summed E-state index contributed by atoms with van der Waals surface area (Å²) >= 11 is 0. The molecule has 0 aliphatic carbocycles. The van der Waals surface area contributed by atoms with E-state index >= 15 is 0 Å². The van der Waals surface area contributed by atoms with Crippen LogP contribution in [0.1, 0.15) is 16.1 Å². The molecule has 3 rings (SSSR count). The van der Waals surface area contributed by atoms with Crippen LogP contribution in [-0.2, 0) is 30.2 Å². The van der Waals surface area contributed by atoms with Crippen LogP contribution in [0.5, 0.6) is 0 Å². The zero-order chi connectivity index (χ0) is 21.1. The number of hydrogen-bond donors (Lipinski definition) is 0. The van der Waals surface area contributed by atoms with E-state index in [-0.39, 0.29) is 23.6 Å². The molecule has 11 heteroatoms. The van der Waals surface area contributed by atoms with E-state index in [0.717, 1.165) is 10.6 Å². The van der Waals surface area contributed by atoms with Crippen molar-refractivity contribution < 1.29 is 19.2 Å². The normalized spacial score (nSPS) is 13.9. The van der Waals surface area contributed by atoms with Crippen LogP contribution < -0.4 is 16.1 Å². The van der Waals surface area contributed by atoms with Gasteiger partial charge in [0.2, 0.25) is 0 Å². The molecule has 1 aromatic heterocycles. The van der Waals surface area contributed by atoms with Crippen molar-refractivity contribution in [1.29, 1.82) is 0 Å². The summed E-state index contributed by atoms with van der Waals surface area (Å²) in [4.78, 5) is 49.0. The number of aromatic nitrogens is 2. The number of nitro groups is 1. The maximum Gasteiger partial charge on any atom is 0.340 e. The number of anilines is 1. The second-order valence-corrected chi connectivity index (χ2v) is 6.51. The molecule has 0 saturated carbocycles. The maximum atomic E-state index is 12.7. The van der Waals surface area contributed by atoms with E-state index in [1.807, 2.05) is 4.90 Å². The quantitative estimate of drug-likeness (QED) is 0.393. The molecule has 0 radical (unpaired) electrons. The van der Waals surface area contributed by atoms with Crippen molar-refractivity contribution in [3.05, 3.63) is 66.5 Å². The fourth-order valence-electron chi connectivity index (χ4n) is 3.02. The van der Waals surface area contributed by atoms with Gasteiger partial charge in [-0.15, -0.1) is 0 Å². The van der Waals surface area contributed by atoms with Gasteiger partial charge >= 0.3 is 11.7 Å². The summed E-state index contributed by atoms with van der Waals surface area (Å²) < 4.78 is 12.7. The largest absolute Gasteiger partial charge is 0.456 e. The number of carbonyl (C=O) groups is 1. The maximum absolute atomic E-state index is 12.7. The van der Waals surface area contributed by atoms with Gasteiger partial charge in [0.15, 0.2) is 0 Å². The fourth-order valence-corrected chi connectivity index (χ4v) is 3.02. The van der Waals surface area contributed by atoms with Crippen molar-refractivity contribution in [2.45, 2.75) is 6.61 Å². The monoisotopic (exact) mass is 404 g/mol. The molecule has 0 bridgehead atoms. The molecule has 2 heterocycles. The molecule has 2 aromatic rings. The van der Waals surface area contributed by atoms with Crippen LogP contribution in [-0.4, -0.2) is 46.3 Å². The molecule has 154 valence electrons. The number of carbonyl (C=O) groups excluding carboxylic acids is 1. The Morgan fingerprint density at radius 1 is 1.17 bits per heavy atom. The Bertz CT molecular complexity index is 1070. The second-order valence-electron chi connectivity index (χ2n) is 6.51. The van der Waals surface area contributed by atoms with Crippen molar-refractivity contribution in [3.63, 3.8) is 0 Å². The van der Waals surface area contributed by atoms with E-state index in [1.54, 1.807) is 0 Å². The first kappa shape index (κ1) is 20.3. The summed E-state index contributed by atoms with van der Waals surface area (Å²) in [6.07, 6.45) is 0. The van der Waals surface area contributed by atoms with Crippen LogP contribution >= 0.6 is 0 Å². The number of hydrogen-bond acceptors (Lipinski definition) is 8. The third-order valence-electron chi connectivity index (χ3n) is 4.74. The van der Waals surface area contributed by atoms with Crippen LogP contribution in [0.15, 0.2) is 33.9 Å². The first-order chi connectivity index (χ1) is 13.8. The summed E-state index contributed by atoms with van der Waals surface area (Å²) in [5.74, 6) is -0.789. The van der Waals surface area contributed by atoms with Gasteiger partial charge < -0.3 is 14.4 Å². The van der Waals surface area contributed by atoms with Crippen LogP contribution in [0.4, 0.5) is 11.4 Å².